The minimum atomic E-state index is 0. The molecule has 0 spiro atoms. The van der Waals surface area contributed by atoms with Gasteiger partial charge < -0.3 is 5.11 Å². The minimum Gasteiger partial charge on any atom is -0.396 e. The summed E-state index contributed by atoms with van der Waals surface area (Å²) in [6, 6.07) is 0. The molecule has 11 heavy (non-hydrogen) atoms. The van der Waals surface area contributed by atoms with Crippen LogP contribution in [0.1, 0.15) is 19.8 Å². The van der Waals surface area contributed by atoms with E-state index in [4.69, 9.17) is 5.11 Å². The van der Waals surface area contributed by atoms with Gasteiger partial charge in [-0.3, -0.25) is 0 Å². The monoisotopic (exact) mass is 435 g/mol. The first-order chi connectivity index (χ1) is 2.41. The molecule has 0 amide bonds. The van der Waals surface area contributed by atoms with E-state index in [-0.39, 0.29) is 84.4 Å². The predicted octanol–water partition coefficient (Wildman–Crippen LogP) is 2.89. The number of rotatable bonds is 2. The van der Waals surface area contributed by atoms with Crippen LogP contribution < -0.4 is 0 Å². The van der Waals surface area contributed by atoms with Crippen molar-refractivity contribution in [1.29, 1.82) is 0 Å². The van der Waals surface area contributed by atoms with Crippen molar-refractivity contribution in [3.63, 3.8) is 0 Å². The van der Waals surface area contributed by atoms with Crippen molar-refractivity contribution >= 4 is 62.0 Å². The average Bonchev–Trinajstić information content (AvgIpc) is 1.41. The third kappa shape index (κ3) is 72.7. The number of halogens is 5. The molecule has 7 heteroatoms. The van der Waals surface area contributed by atoms with Crippen LogP contribution in [0.2, 0.25) is 0 Å². The zero-order valence-electron chi connectivity index (χ0n) is 6.06. The predicted molar refractivity (Wildman–Crippen MR) is 58.2 cm³/mol. The van der Waals surface area contributed by atoms with Crippen molar-refractivity contribution in [2.75, 3.05) is 6.61 Å². The standard InChI is InChI=1S/C4H10O.5ClH.Ta/c1-2-3-4-5;;;;;;/h5H,2-4H2,1H3;5*1H;. The summed E-state index contributed by atoms with van der Waals surface area (Å²) in [7, 11) is 0. The topological polar surface area (TPSA) is 20.2 Å². The van der Waals surface area contributed by atoms with E-state index in [0.29, 0.717) is 6.61 Å². The van der Waals surface area contributed by atoms with Crippen molar-refractivity contribution in [3.05, 3.63) is 0 Å². The second-order valence-corrected chi connectivity index (χ2v) is 1.08. The second kappa shape index (κ2) is 57.0. The Balaban J connectivity index is -0.00000000533. The van der Waals surface area contributed by atoms with Crippen LogP contribution in [0.25, 0.3) is 0 Å². The molecule has 0 aromatic carbocycles. The van der Waals surface area contributed by atoms with Gasteiger partial charge in [0.05, 0.1) is 0 Å². The van der Waals surface area contributed by atoms with Crippen LogP contribution in [-0.2, 0) is 22.4 Å². The van der Waals surface area contributed by atoms with Crippen LogP contribution in [0, 0.1) is 0 Å². The fourth-order valence-corrected chi connectivity index (χ4v) is 0.158. The van der Waals surface area contributed by atoms with Crippen molar-refractivity contribution in [3.8, 4) is 0 Å². The van der Waals surface area contributed by atoms with E-state index in [2.05, 4.69) is 6.92 Å². The minimum absolute atomic E-state index is 0. The molecule has 0 saturated heterocycles. The van der Waals surface area contributed by atoms with Gasteiger partial charge in [-0.05, 0) is 6.42 Å². The SMILES string of the molecule is CCCCO.Cl.Cl.Cl.Cl.Cl.[Ta]. The zero-order chi connectivity index (χ0) is 4.12. The maximum Gasteiger partial charge on any atom is 0.0430 e. The molecule has 0 aliphatic heterocycles. The summed E-state index contributed by atoms with van der Waals surface area (Å²) in [6.45, 7) is 2.40. The molecular weight excluding hydrogens is 422 g/mol. The smallest absolute Gasteiger partial charge is 0.0430 e. The van der Waals surface area contributed by atoms with Gasteiger partial charge in [0.2, 0.25) is 0 Å². The fraction of sp³-hybridized carbons (Fsp3) is 1.00. The van der Waals surface area contributed by atoms with Gasteiger partial charge in [0.1, 0.15) is 0 Å². The Morgan fingerprint density at radius 2 is 1.18 bits per heavy atom. The largest absolute Gasteiger partial charge is 0.396 e. The maximum atomic E-state index is 8.07. The molecule has 0 aromatic heterocycles. The Bertz CT molecular complexity index is 26.0. The first-order valence-electron chi connectivity index (χ1n) is 2.02. The summed E-state index contributed by atoms with van der Waals surface area (Å²) in [4.78, 5) is 0. The van der Waals surface area contributed by atoms with Gasteiger partial charge in [-0.1, -0.05) is 13.3 Å². The number of aliphatic hydroxyl groups is 1. The molecule has 0 saturated carbocycles. The van der Waals surface area contributed by atoms with E-state index >= 15 is 0 Å². The zero-order valence-corrected chi connectivity index (χ0v) is 13.4. The van der Waals surface area contributed by atoms with Crippen LogP contribution >= 0.6 is 62.0 Å². The Morgan fingerprint density at radius 1 is 0.909 bits per heavy atom. The van der Waals surface area contributed by atoms with Crippen LogP contribution in [0.15, 0.2) is 0 Å². The summed E-state index contributed by atoms with van der Waals surface area (Å²) in [5.74, 6) is 0. The van der Waals surface area contributed by atoms with Gasteiger partial charge in [0, 0.05) is 29.0 Å². The molecular formula is C4H15Cl5OTa. The molecule has 0 aliphatic carbocycles. The van der Waals surface area contributed by atoms with Crippen LogP contribution in [0.3, 0.4) is 0 Å². The van der Waals surface area contributed by atoms with Crippen molar-refractivity contribution in [2.45, 2.75) is 19.8 Å². The molecule has 1 N–H and O–H groups in total. The molecule has 0 bridgehead atoms. The normalized spacial score (nSPS) is 3.82. The average molecular weight is 437 g/mol. The van der Waals surface area contributed by atoms with Crippen molar-refractivity contribution < 1.29 is 27.5 Å². The second-order valence-electron chi connectivity index (χ2n) is 1.08. The molecule has 0 unspecified atom stereocenters. The molecule has 1 nitrogen and oxygen atoms in total. The molecule has 0 aliphatic rings. The third-order valence-corrected chi connectivity index (χ3v) is 0.512. The molecule has 0 rings (SSSR count). The Kier molecular flexibility index (Phi) is 266. The van der Waals surface area contributed by atoms with E-state index in [9.17, 15) is 0 Å². The number of aliphatic hydroxyl groups excluding tert-OH is 1. The maximum absolute atomic E-state index is 8.07. The van der Waals surface area contributed by atoms with Gasteiger partial charge >= 0.3 is 0 Å². The summed E-state index contributed by atoms with van der Waals surface area (Å²) < 4.78 is 0. The van der Waals surface area contributed by atoms with Gasteiger partial charge in [-0.15, -0.1) is 62.0 Å². The van der Waals surface area contributed by atoms with Crippen LogP contribution in [0.5, 0.6) is 0 Å². The molecule has 0 fully saturated rings. The molecule has 0 atom stereocenters. The summed E-state index contributed by atoms with van der Waals surface area (Å²) >= 11 is 0. The van der Waals surface area contributed by atoms with E-state index in [0.717, 1.165) is 12.8 Å². The van der Waals surface area contributed by atoms with E-state index in [1.807, 2.05) is 0 Å². The molecule has 77 valence electrons. The molecule has 0 aromatic rings. The van der Waals surface area contributed by atoms with E-state index < -0.39 is 0 Å². The van der Waals surface area contributed by atoms with Gasteiger partial charge in [-0.25, -0.2) is 0 Å². The number of unbranched alkanes of at least 4 members (excludes halogenated alkanes) is 1. The Hall–Kier alpha value is 2.15. The van der Waals surface area contributed by atoms with Crippen molar-refractivity contribution in [1.82, 2.24) is 0 Å². The van der Waals surface area contributed by atoms with E-state index in [1.165, 1.54) is 0 Å². The van der Waals surface area contributed by atoms with Crippen LogP contribution in [-0.4, -0.2) is 11.7 Å². The summed E-state index contributed by atoms with van der Waals surface area (Å²) in [5, 5.41) is 8.07. The summed E-state index contributed by atoms with van der Waals surface area (Å²) in [5.41, 5.74) is 0. The Labute approximate surface area is 115 Å². The first kappa shape index (κ1) is 51.3. The number of hydrogen-bond donors (Lipinski definition) is 1. The number of hydrogen-bond acceptors (Lipinski definition) is 1. The van der Waals surface area contributed by atoms with Gasteiger partial charge in [0.25, 0.3) is 0 Å². The summed E-state index contributed by atoms with van der Waals surface area (Å²) in [6.07, 6.45) is 2.04. The Morgan fingerprint density at radius 3 is 1.18 bits per heavy atom. The quantitative estimate of drug-likeness (QED) is 0.705. The van der Waals surface area contributed by atoms with Gasteiger partial charge in [-0.2, -0.15) is 0 Å². The van der Waals surface area contributed by atoms with Crippen LogP contribution in [0.4, 0.5) is 0 Å². The van der Waals surface area contributed by atoms with Crippen molar-refractivity contribution in [2.24, 2.45) is 0 Å². The van der Waals surface area contributed by atoms with Gasteiger partial charge in [0.15, 0.2) is 0 Å². The van der Waals surface area contributed by atoms with E-state index in [1.54, 1.807) is 0 Å². The fourth-order valence-electron chi connectivity index (χ4n) is 0.158. The molecule has 0 heterocycles. The molecule has 1 radical (unpaired) electrons. The first-order valence-corrected chi connectivity index (χ1v) is 2.02. The third-order valence-electron chi connectivity index (χ3n) is 0.512.